The summed E-state index contributed by atoms with van der Waals surface area (Å²) in [7, 11) is 1.68. The average Bonchev–Trinajstić information content (AvgIpc) is 3.24. The molecule has 7 heteroatoms. The van der Waals surface area contributed by atoms with Gasteiger partial charge in [-0.1, -0.05) is 30.3 Å². The van der Waals surface area contributed by atoms with Gasteiger partial charge in [-0.15, -0.1) is 5.06 Å². The van der Waals surface area contributed by atoms with Gasteiger partial charge in [0.15, 0.2) is 11.8 Å². The molecule has 2 heterocycles. The lowest BCUT2D eigenvalue weighted by Crippen LogP contribution is -2.56. The fourth-order valence-electron chi connectivity index (χ4n) is 3.49. The molecule has 0 spiro atoms. The average molecular weight is 381 g/mol. The summed E-state index contributed by atoms with van der Waals surface area (Å²) in [6, 6.07) is 15.1. The lowest BCUT2D eigenvalue weighted by atomic mass is 10.2. The highest BCUT2D eigenvalue weighted by atomic mass is 16.7. The predicted molar refractivity (Wildman–Crippen MR) is 104 cm³/mol. The first kappa shape index (κ1) is 18.2. The van der Waals surface area contributed by atoms with Crippen molar-refractivity contribution in [3.8, 4) is 11.5 Å². The molecule has 2 aliphatic heterocycles. The standard InChI is InChI=1S/C21H23N3O4/c1-22-17-11-5-6-12-19(17)27-15-18(20(22)25)24(21(26)23-13-7-8-14-23)28-16-9-3-2-4-10-16/h2-6,9-12,18H,7-8,13-15H2,1H3/t18-/m0/s1. The Balaban J connectivity index is 1.65. The zero-order valence-corrected chi connectivity index (χ0v) is 15.8. The molecule has 2 aromatic rings. The summed E-state index contributed by atoms with van der Waals surface area (Å²) in [5, 5.41) is 1.17. The Kier molecular flexibility index (Phi) is 5.06. The number of rotatable bonds is 3. The Labute approximate surface area is 164 Å². The van der Waals surface area contributed by atoms with E-state index >= 15 is 0 Å². The number of hydrogen-bond donors (Lipinski definition) is 0. The van der Waals surface area contributed by atoms with Gasteiger partial charge < -0.3 is 19.4 Å². The van der Waals surface area contributed by atoms with E-state index in [0.29, 0.717) is 30.3 Å². The van der Waals surface area contributed by atoms with E-state index in [0.717, 1.165) is 12.8 Å². The van der Waals surface area contributed by atoms with Crippen molar-refractivity contribution in [3.05, 3.63) is 54.6 Å². The molecule has 1 saturated heterocycles. The van der Waals surface area contributed by atoms with Crippen LogP contribution in [0.2, 0.25) is 0 Å². The van der Waals surface area contributed by atoms with Crippen LogP contribution >= 0.6 is 0 Å². The molecular formula is C21H23N3O4. The Bertz CT molecular complexity index is 852. The molecule has 1 fully saturated rings. The van der Waals surface area contributed by atoms with Gasteiger partial charge in [0.2, 0.25) is 0 Å². The van der Waals surface area contributed by atoms with E-state index in [2.05, 4.69) is 0 Å². The van der Waals surface area contributed by atoms with Gasteiger partial charge >= 0.3 is 6.03 Å². The number of nitrogens with zero attached hydrogens (tertiary/aromatic N) is 3. The van der Waals surface area contributed by atoms with Gasteiger partial charge in [-0.05, 0) is 37.1 Å². The lowest BCUT2D eigenvalue weighted by molar-refractivity contribution is -0.135. The number of anilines is 1. The summed E-state index contributed by atoms with van der Waals surface area (Å²) >= 11 is 0. The number of likely N-dealkylation sites (tertiary alicyclic amines) is 1. The monoisotopic (exact) mass is 381 g/mol. The van der Waals surface area contributed by atoms with E-state index in [1.165, 1.54) is 9.96 Å². The molecule has 0 unspecified atom stereocenters. The van der Waals surface area contributed by atoms with Gasteiger partial charge in [0.1, 0.15) is 12.4 Å². The molecule has 0 N–H and O–H groups in total. The fraction of sp³-hybridized carbons (Fsp3) is 0.333. The Hall–Kier alpha value is -3.22. The number of likely N-dealkylation sites (N-methyl/N-ethyl adjacent to an activating group) is 1. The first-order valence-corrected chi connectivity index (χ1v) is 9.45. The minimum Gasteiger partial charge on any atom is -0.489 e. The van der Waals surface area contributed by atoms with Crippen LogP contribution in [0.3, 0.4) is 0 Å². The number of hydrogen-bond acceptors (Lipinski definition) is 4. The van der Waals surface area contributed by atoms with Crippen LogP contribution in [-0.4, -0.2) is 54.7 Å². The molecule has 146 valence electrons. The van der Waals surface area contributed by atoms with Crippen molar-refractivity contribution in [3.63, 3.8) is 0 Å². The minimum absolute atomic E-state index is 0.0204. The van der Waals surface area contributed by atoms with Crippen molar-refractivity contribution in [1.82, 2.24) is 9.96 Å². The van der Waals surface area contributed by atoms with E-state index in [-0.39, 0.29) is 18.5 Å². The zero-order chi connectivity index (χ0) is 19.5. The summed E-state index contributed by atoms with van der Waals surface area (Å²) < 4.78 is 5.88. The van der Waals surface area contributed by atoms with Gasteiger partial charge in [0.25, 0.3) is 5.91 Å². The largest absolute Gasteiger partial charge is 0.489 e. The summed E-state index contributed by atoms with van der Waals surface area (Å²) in [5.74, 6) is 0.842. The maximum Gasteiger partial charge on any atom is 0.354 e. The van der Waals surface area contributed by atoms with Gasteiger partial charge in [0.05, 0.1) is 5.69 Å². The number of urea groups is 1. The number of amides is 3. The van der Waals surface area contributed by atoms with Gasteiger partial charge in [-0.25, -0.2) is 4.79 Å². The second-order valence-corrected chi connectivity index (χ2v) is 6.90. The lowest BCUT2D eigenvalue weighted by Gasteiger charge is -2.32. The van der Waals surface area contributed by atoms with Crippen LogP contribution in [0.5, 0.6) is 11.5 Å². The third-order valence-electron chi connectivity index (χ3n) is 5.03. The van der Waals surface area contributed by atoms with Crippen LogP contribution in [0, 0.1) is 0 Å². The van der Waals surface area contributed by atoms with Gasteiger partial charge in [-0.2, -0.15) is 0 Å². The number of carbonyl (C=O) groups excluding carboxylic acids is 2. The number of fused-ring (bicyclic) bond motifs is 1. The van der Waals surface area contributed by atoms with Crippen LogP contribution in [0.1, 0.15) is 12.8 Å². The minimum atomic E-state index is -0.897. The molecule has 0 aliphatic carbocycles. The Morgan fingerprint density at radius 2 is 1.75 bits per heavy atom. The third kappa shape index (κ3) is 3.47. The second-order valence-electron chi connectivity index (χ2n) is 6.90. The molecule has 0 aromatic heterocycles. The van der Waals surface area contributed by atoms with Crippen LogP contribution in [0.15, 0.2) is 54.6 Å². The van der Waals surface area contributed by atoms with E-state index in [1.807, 2.05) is 42.5 Å². The molecule has 3 amide bonds. The first-order valence-electron chi connectivity index (χ1n) is 9.45. The smallest absolute Gasteiger partial charge is 0.354 e. The summed E-state index contributed by atoms with van der Waals surface area (Å²) in [5.41, 5.74) is 0.670. The molecule has 2 aromatic carbocycles. The van der Waals surface area contributed by atoms with E-state index in [1.54, 1.807) is 24.1 Å². The Morgan fingerprint density at radius 3 is 2.50 bits per heavy atom. The third-order valence-corrected chi connectivity index (χ3v) is 5.03. The molecule has 7 nitrogen and oxygen atoms in total. The first-order chi connectivity index (χ1) is 13.6. The topological polar surface area (TPSA) is 62.3 Å². The predicted octanol–water partition coefficient (Wildman–Crippen LogP) is 2.92. The summed E-state index contributed by atoms with van der Waals surface area (Å²) in [6.07, 6.45) is 1.90. The van der Waals surface area contributed by atoms with E-state index < -0.39 is 6.04 Å². The maximum atomic E-state index is 13.2. The van der Waals surface area contributed by atoms with E-state index in [9.17, 15) is 9.59 Å². The van der Waals surface area contributed by atoms with Crippen molar-refractivity contribution < 1.29 is 19.2 Å². The molecule has 2 aliphatic rings. The molecule has 28 heavy (non-hydrogen) atoms. The van der Waals surface area contributed by atoms with E-state index in [4.69, 9.17) is 9.57 Å². The highest BCUT2D eigenvalue weighted by Crippen LogP contribution is 2.31. The quantitative estimate of drug-likeness (QED) is 0.767. The number of carbonyl (C=O) groups is 2. The van der Waals surface area contributed by atoms with Gasteiger partial charge in [0, 0.05) is 20.1 Å². The second kappa shape index (κ2) is 7.80. The molecule has 0 bridgehead atoms. The Morgan fingerprint density at radius 1 is 1.07 bits per heavy atom. The van der Waals surface area contributed by atoms with Crippen molar-refractivity contribution in [2.24, 2.45) is 0 Å². The van der Waals surface area contributed by atoms with Crippen LogP contribution in [0.4, 0.5) is 10.5 Å². The molecule has 1 atom stereocenters. The van der Waals surface area contributed by atoms with Crippen LogP contribution in [-0.2, 0) is 4.79 Å². The summed E-state index contributed by atoms with van der Waals surface area (Å²) in [4.78, 5) is 35.6. The maximum absolute atomic E-state index is 13.2. The number of hydroxylamine groups is 2. The van der Waals surface area contributed by atoms with Crippen molar-refractivity contribution in [2.75, 3.05) is 31.6 Å². The van der Waals surface area contributed by atoms with Gasteiger partial charge in [-0.3, -0.25) is 4.79 Å². The molecule has 4 rings (SSSR count). The van der Waals surface area contributed by atoms with Crippen LogP contribution in [0.25, 0.3) is 0 Å². The molecular weight excluding hydrogens is 358 g/mol. The number of benzene rings is 2. The van der Waals surface area contributed by atoms with Crippen molar-refractivity contribution >= 4 is 17.6 Å². The van der Waals surface area contributed by atoms with Crippen LogP contribution < -0.4 is 14.5 Å². The highest BCUT2D eigenvalue weighted by Gasteiger charge is 2.40. The van der Waals surface area contributed by atoms with Crippen molar-refractivity contribution in [2.45, 2.75) is 18.9 Å². The highest BCUT2D eigenvalue weighted by molar-refractivity contribution is 6.00. The molecule has 0 saturated carbocycles. The van der Waals surface area contributed by atoms with Crippen molar-refractivity contribution in [1.29, 1.82) is 0 Å². The number of ether oxygens (including phenoxy) is 1. The fourth-order valence-corrected chi connectivity index (χ4v) is 3.49. The SMILES string of the molecule is CN1C(=O)[C@@H](N(Oc2ccccc2)C(=O)N2CCCC2)COc2ccccc21. The summed E-state index contributed by atoms with van der Waals surface area (Å²) in [6.45, 7) is 1.34. The zero-order valence-electron chi connectivity index (χ0n) is 15.8. The molecule has 0 radical (unpaired) electrons. The number of para-hydroxylation sites is 3. The normalized spacial score (nSPS) is 18.9.